The average Bonchev–Trinajstić information content (AvgIpc) is 3.34. The van der Waals surface area contributed by atoms with Crippen LogP contribution in [-0.2, 0) is 4.79 Å². The van der Waals surface area contributed by atoms with E-state index >= 15 is 0 Å². The predicted octanol–water partition coefficient (Wildman–Crippen LogP) is 2.22. The molecule has 0 radical (unpaired) electrons. The third-order valence-electron chi connectivity index (χ3n) is 3.23. The van der Waals surface area contributed by atoms with Crippen molar-refractivity contribution in [2.24, 2.45) is 5.92 Å². The summed E-state index contributed by atoms with van der Waals surface area (Å²) >= 11 is 0. The number of nitrogens with zero attached hydrogens (tertiary/aromatic N) is 2. The number of carbonyl (C=O) groups is 2. The third-order valence-corrected chi connectivity index (χ3v) is 3.23. The van der Waals surface area contributed by atoms with Crippen LogP contribution in [-0.4, -0.2) is 21.8 Å². The largest absolute Gasteiger partial charge is 0.318 e. The van der Waals surface area contributed by atoms with Crippen molar-refractivity contribution in [1.82, 2.24) is 9.97 Å². The van der Waals surface area contributed by atoms with Crippen LogP contribution < -0.4 is 10.6 Å². The minimum absolute atomic E-state index is 0.00659. The van der Waals surface area contributed by atoms with Crippen LogP contribution in [0, 0.1) is 11.9 Å². The summed E-state index contributed by atoms with van der Waals surface area (Å²) in [5, 5.41) is 5.08. The minimum atomic E-state index is -0.757. The normalized spacial score (nSPS) is 13.5. The highest BCUT2D eigenvalue weighted by atomic mass is 19.1. The Kier molecular flexibility index (Phi) is 3.78. The van der Waals surface area contributed by atoms with Crippen LogP contribution in [0.25, 0.3) is 0 Å². The molecule has 0 atom stereocenters. The SMILES string of the molecule is O=C(Nc1cccnc1F)c1ccnc(NC(=O)C2CC2)c1. The highest BCUT2D eigenvalue weighted by molar-refractivity contribution is 6.05. The van der Waals surface area contributed by atoms with Gasteiger partial charge in [-0.3, -0.25) is 9.59 Å². The molecule has 7 heteroatoms. The van der Waals surface area contributed by atoms with Gasteiger partial charge in [-0.15, -0.1) is 0 Å². The molecule has 2 aromatic heterocycles. The molecule has 0 bridgehead atoms. The lowest BCUT2D eigenvalue weighted by atomic mass is 10.2. The molecule has 112 valence electrons. The van der Waals surface area contributed by atoms with E-state index in [0.29, 0.717) is 5.82 Å². The first-order chi connectivity index (χ1) is 10.6. The number of hydrogen-bond acceptors (Lipinski definition) is 4. The first-order valence-electron chi connectivity index (χ1n) is 6.82. The van der Waals surface area contributed by atoms with Crippen molar-refractivity contribution >= 4 is 23.3 Å². The second kappa shape index (κ2) is 5.88. The summed E-state index contributed by atoms with van der Waals surface area (Å²) in [7, 11) is 0. The molecule has 0 saturated heterocycles. The highest BCUT2D eigenvalue weighted by Gasteiger charge is 2.29. The Morgan fingerprint density at radius 2 is 1.95 bits per heavy atom. The zero-order valence-corrected chi connectivity index (χ0v) is 11.5. The second-order valence-electron chi connectivity index (χ2n) is 4.99. The standard InChI is InChI=1S/C15H13FN4O2/c16-13-11(2-1-6-18-13)19-15(22)10-5-7-17-12(8-10)20-14(21)9-3-4-9/h1-2,5-9H,3-4H2,(H,19,22)(H,17,20,21). The van der Waals surface area contributed by atoms with Crippen LogP contribution in [0.4, 0.5) is 15.9 Å². The summed E-state index contributed by atoms with van der Waals surface area (Å²) in [5.74, 6) is -1.01. The van der Waals surface area contributed by atoms with Crippen LogP contribution in [0.5, 0.6) is 0 Å². The lowest BCUT2D eigenvalue weighted by Gasteiger charge is -2.07. The van der Waals surface area contributed by atoms with Gasteiger partial charge in [0.05, 0.1) is 5.69 Å². The van der Waals surface area contributed by atoms with Crippen LogP contribution >= 0.6 is 0 Å². The van der Waals surface area contributed by atoms with Gasteiger partial charge in [0, 0.05) is 23.9 Å². The first kappa shape index (κ1) is 14.1. The Morgan fingerprint density at radius 1 is 1.14 bits per heavy atom. The number of halogens is 1. The van der Waals surface area contributed by atoms with E-state index in [0.717, 1.165) is 12.8 Å². The zero-order valence-electron chi connectivity index (χ0n) is 11.5. The van der Waals surface area contributed by atoms with E-state index in [-0.39, 0.29) is 23.1 Å². The van der Waals surface area contributed by atoms with Crippen molar-refractivity contribution in [3.8, 4) is 0 Å². The maximum Gasteiger partial charge on any atom is 0.255 e. The van der Waals surface area contributed by atoms with Gasteiger partial charge in [0.1, 0.15) is 5.82 Å². The summed E-state index contributed by atoms with van der Waals surface area (Å²) in [6.45, 7) is 0. The number of nitrogens with one attached hydrogen (secondary N) is 2. The van der Waals surface area contributed by atoms with Crippen molar-refractivity contribution in [1.29, 1.82) is 0 Å². The van der Waals surface area contributed by atoms with Crippen LogP contribution in [0.3, 0.4) is 0 Å². The van der Waals surface area contributed by atoms with Crippen molar-refractivity contribution in [3.05, 3.63) is 48.2 Å². The van der Waals surface area contributed by atoms with E-state index in [1.165, 1.54) is 36.7 Å². The van der Waals surface area contributed by atoms with E-state index < -0.39 is 11.9 Å². The quantitative estimate of drug-likeness (QED) is 0.848. The fourth-order valence-corrected chi connectivity index (χ4v) is 1.89. The van der Waals surface area contributed by atoms with Crippen molar-refractivity contribution in [2.45, 2.75) is 12.8 Å². The molecule has 0 spiro atoms. The molecule has 3 rings (SSSR count). The predicted molar refractivity (Wildman–Crippen MR) is 77.7 cm³/mol. The van der Waals surface area contributed by atoms with Gasteiger partial charge in [-0.1, -0.05) is 0 Å². The second-order valence-corrected chi connectivity index (χ2v) is 4.99. The number of carbonyl (C=O) groups excluding carboxylic acids is 2. The summed E-state index contributed by atoms with van der Waals surface area (Å²) in [6.07, 6.45) is 4.47. The van der Waals surface area contributed by atoms with Gasteiger partial charge in [-0.2, -0.15) is 4.39 Å². The Bertz CT molecular complexity index is 731. The van der Waals surface area contributed by atoms with Crippen LogP contribution in [0.15, 0.2) is 36.7 Å². The first-order valence-corrected chi connectivity index (χ1v) is 6.82. The molecule has 6 nitrogen and oxygen atoms in total. The average molecular weight is 300 g/mol. The highest BCUT2D eigenvalue weighted by Crippen LogP contribution is 2.30. The maximum atomic E-state index is 13.4. The van der Waals surface area contributed by atoms with Crippen LogP contribution in [0.1, 0.15) is 23.2 Å². The fraction of sp³-hybridized carbons (Fsp3) is 0.200. The molecule has 1 aliphatic rings. The van der Waals surface area contributed by atoms with Crippen molar-refractivity contribution in [2.75, 3.05) is 10.6 Å². The van der Waals surface area contributed by atoms with E-state index in [2.05, 4.69) is 20.6 Å². The zero-order chi connectivity index (χ0) is 15.5. The van der Waals surface area contributed by atoms with Gasteiger partial charge < -0.3 is 10.6 Å². The van der Waals surface area contributed by atoms with E-state index in [4.69, 9.17) is 0 Å². The molecule has 1 aliphatic carbocycles. The molecule has 2 N–H and O–H groups in total. The van der Waals surface area contributed by atoms with Gasteiger partial charge in [0.15, 0.2) is 0 Å². The molecule has 2 amide bonds. The van der Waals surface area contributed by atoms with Gasteiger partial charge in [-0.05, 0) is 37.1 Å². The number of amides is 2. The van der Waals surface area contributed by atoms with E-state index in [9.17, 15) is 14.0 Å². The Hall–Kier alpha value is -2.83. The van der Waals surface area contributed by atoms with Gasteiger partial charge in [0.2, 0.25) is 11.9 Å². The molecule has 2 heterocycles. The number of hydrogen-bond donors (Lipinski definition) is 2. The minimum Gasteiger partial charge on any atom is -0.318 e. The topological polar surface area (TPSA) is 84.0 Å². The summed E-state index contributed by atoms with van der Waals surface area (Å²) in [6, 6.07) is 5.87. The van der Waals surface area contributed by atoms with Gasteiger partial charge >= 0.3 is 0 Å². The number of rotatable bonds is 4. The molecule has 2 aromatic rings. The molecule has 1 saturated carbocycles. The van der Waals surface area contributed by atoms with E-state index in [1.807, 2.05) is 0 Å². The Morgan fingerprint density at radius 3 is 2.68 bits per heavy atom. The lowest BCUT2D eigenvalue weighted by molar-refractivity contribution is -0.117. The molecule has 22 heavy (non-hydrogen) atoms. The summed E-state index contributed by atoms with van der Waals surface area (Å²) in [5.41, 5.74) is 0.261. The van der Waals surface area contributed by atoms with Gasteiger partial charge in [0.25, 0.3) is 5.91 Å². The number of aromatic nitrogens is 2. The lowest BCUT2D eigenvalue weighted by Crippen LogP contribution is -2.17. The summed E-state index contributed by atoms with van der Waals surface area (Å²) < 4.78 is 13.4. The van der Waals surface area contributed by atoms with Crippen molar-refractivity contribution in [3.63, 3.8) is 0 Å². The monoisotopic (exact) mass is 300 g/mol. The molecular formula is C15H13FN4O2. The van der Waals surface area contributed by atoms with Gasteiger partial charge in [-0.25, -0.2) is 9.97 Å². The Labute approximate surface area is 125 Å². The maximum absolute atomic E-state index is 13.4. The Balaban J connectivity index is 1.72. The fourth-order valence-electron chi connectivity index (χ4n) is 1.89. The number of anilines is 2. The molecule has 0 unspecified atom stereocenters. The summed E-state index contributed by atoms with van der Waals surface area (Å²) in [4.78, 5) is 31.2. The smallest absolute Gasteiger partial charge is 0.255 e. The molecule has 0 aromatic carbocycles. The molecule has 0 aliphatic heterocycles. The number of pyridine rings is 2. The van der Waals surface area contributed by atoms with Crippen LogP contribution in [0.2, 0.25) is 0 Å². The molecular weight excluding hydrogens is 287 g/mol. The third kappa shape index (κ3) is 3.25. The van der Waals surface area contributed by atoms with Crippen molar-refractivity contribution < 1.29 is 14.0 Å². The molecule has 1 fully saturated rings. The van der Waals surface area contributed by atoms with E-state index in [1.54, 1.807) is 0 Å².